The maximum atomic E-state index is 12.5. The molecule has 26 heavy (non-hydrogen) atoms. The topological polar surface area (TPSA) is 101 Å². The van der Waals surface area contributed by atoms with Crippen molar-refractivity contribution >= 4 is 60.5 Å². The molecule has 1 aliphatic rings. The van der Waals surface area contributed by atoms with Crippen LogP contribution in [-0.2, 0) is 24.8 Å². The number of nitrogens with zero attached hydrogens (tertiary/aromatic N) is 1. The molecule has 0 aliphatic carbocycles. The number of carbonyl (C=O) groups is 1. The van der Waals surface area contributed by atoms with E-state index in [1.807, 2.05) is 0 Å². The lowest BCUT2D eigenvalue weighted by molar-refractivity contribution is -0.116. The summed E-state index contributed by atoms with van der Waals surface area (Å²) >= 11 is 11.8. The van der Waals surface area contributed by atoms with Crippen LogP contribution in [0.5, 0.6) is 0 Å². The van der Waals surface area contributed by atoms with Gasteiger partial charge in [-0.15, -0.1) is 0 Å². The van der Waals surface area contributed by atoms with Crippen LogP contribution in [0.25, 0.3) is 0 Å². The first-order valence-electron chi connectivity index (χ1n) is 7.24. The molecule has 3 rings (SSSR count). The minimum absolute atomic E-state index is 0.0584. The van der Waals surface area contributed by atoms with E-state index in [2.05, 4.69) is 4.72 Å². The Balaban J connectivity index is 1.90. The molecule has 0 bridgehead atoms. The maximum absolute atomic E-state index is 12.5. The normalized spacial score (nSPS) is 16.7. The van der Waals surface area contributed by atoms with Crippen LogP contribution in [0.1, 0.15) is 6.42 Å². The van der Waals surface area contributed by atoms with E-state index in [9.17, 15) is 21.6 Å². The third kappa shape index (κ3) is 3.52. The first kappa shape index (κ1) is 19.0. The smallest absolute Gasteiger partial charge is 0.261 e. The second kappa shape index (κ2) is 6.73. The van der Waals surface area contributed by atoms with Gasteiger partial charge < -0.3 is 0 Å². The van der Waals surface area contributed by atoms with Crippen LogP contribution in [0.15, 0.2) is 47.4 Å². The minimum atomic E-state index is -3.98. The summed E-state index contributed by atoms with van der Waals surface area (Å²) in [6.45, 7) is 0. The van der Waals surface area contributed by atoms with Gasteiger partial charge in [0.15, 0.2) is 0 Å². The third-order valence-corrected chi connectivity index (χ3v) is 7.55. The fourth-order valence-corrected chi connectivity index (χ4v) is 5.35. The van der Waals surface area contributed by atoms with Gasteiger partial charge in [-0.2, -0.15) is 0 Å². The van der Waals surface area contributed by atoms with E-state index in [1.165, 1.54) is 36.4 Å². The number of amides is 1. The van der Waals surface area contributed by atoms with E-state index in [0.29, 0.717) is 4.31 Å². The van der Waals surface area contributed by atoms with Gasteiger partial charge in [0, 0.05) is 6.42 Å². The Bertz CT molecular complexity index is 1080. The Morgan fingerprint density at radius 1 is 1.04 bits per heavy atom. The van der Waals surface area contributed by atoms with Crippen molar-refractivity contribution in [2.75, 3.05) is 14.8 Å². The number of anilines is 2. The van der Waals surface area contributed by atoms with Crippen molar-refractivity contribution in [2.24, 2.45) is 0 Å². The van der Waals surface area contributed by atoms with Gasteiger partial charge in [-0.25, -0.2) is 21.1 Å². The molecular formula is C15H12Cl2N2O5S2. The van der Waals surface area contributed by atoms with E-state index in [1.54, 1.807) is 6.07 Å². The molecule has 1 amide bonds. The fourth-order valence-electron chi connectivity index (χ4n) is 2.42. The van der Waals surface area contributed by atoms with E-state index < -0.39 is 26.0 Å². The van der Waals surface area contributed by atoms with Gasteiger partial charge in [0.05, 0.1) is 32.1 Å². The van der Waals surface area contributed by atoms with Crippen LogP contribution in [-0.4, -0.2) is 28.5 Å². The number of nitrogens with one attached hydrogen (secondary N) is 1. The number of rotatable bonds is 4. The summed E-state index contributed by atoms with van der Waals surface area (Å²) in [6, 6.07) is 9.44. The Morgan fingerprint density at radius 2 is 1.69 bits per heavy atom. The molecule has 1 saturated heterocycles. The van der Waals surface area contributed by atoms with Crippen LogP contribution in [0.4, 0.5) is 11.4 Å². The van der Waals surface area contributed by atoms with E-state index in [0.717, 1.165) is 0 Å². The molecule has 1 aliphatic heterocycles. The Hall–Kier alpha value is -1.81. The predicted molar refractivity (Wildman–Crippen MR) is 99.6 cm³/mol. The number of hydrogen-bond donors (Lipinski definition) is 1. The fraction of sp³-hybridized carbons (Fsp3) is 0.133. The Kier molecular flexibility index (Phi) is 4.91. The second-order valence-electron chi connectivity index (χ2n) is 5.42. The van der Waals surface area contributed by atoms with Crippen LogP contribution in [0.2, 0.25) is 10.0 Å². The first-order valence-corrected chi connectivity index (χ1v) is 11.1. The van der Waals surface area contributed by atoms with Crippen molar-refractivity contribution in [3.63, 3.8) is 0 Å². The van der Waals surface area contributed by atoms with E-state index >= 15 is 0 Å². The molecule has 2 aromatic carbocycles. The standard InChI is InChI=1S/C15H12Cl2N2O5S2/c16-12-2-1-3-13(15(12)17)18-26(23,24)11-6-4-10(5-7-11)19-14(20)8-9-25(19,21)22/h1-7,18H,8-9H2. The van der Waals surface area contributed by atoms with E-state index in [4.69, 9.17) is 23.2 Å². The lowest BCUT2D eigenvalue weighted by atomic mass is 10.3. The number of hydrogen-bond acceptors (Lipinski definition) is 5. The highest BCUT2D eigenvalue weighted by atomic mass is 35.5. The van der Waals surface area contributed by atoms with Crippen LogP contribution in [0, 0.1) is 0 Å². The SMILES string of the molecule is O=C1CCS(=O)(=O)N1c1ccc(S(=O)(=O)Nc2cccc(Cl)c2Cl)cc1. The number of carbonyl (C=O) groups excluding carboxylic acids is 1. The van der Waals surface area contributed by atoms with Crippen molar-refractivity contribution in [3.8, 4) is 0 Å². The lowest BCUT2D eigenvalue weighted by Crippen LogP contribution is -2.29. The van der Waals surface area contributed by atoms with Crippen molar-refractivity contribution in [2.45, 2.75) is 11.3 Å². The van der Waals surface area contributed by atoms with Crippen LogP contribution >= 0.6 is 23.2 Å². The average molecular weight is 435 g/mol. The zero-order valence-electron chi connectivity index (χ0n) is 13.0. The molecule has 1 N–H and O–H groups in total. The molecule has 2 aromatic rings. The molecule has 7 nitrogen and oxygen atoms in total. The monoisotopic (exact) mass is 434 g/mol. The Labute approximate surface area is 160 Å². The van der Waals surface area contributed by atoms with Crippen molar-refractivity contribution < 1.29 is 21.6 Å². The van der Waals surface area contributed by atoms with Crippen LogP contribution < -0.4 is 9.03 Å². The van der Waals surface area contributed by atoms with Crippen molar-refractivity contribution in [1.29, 1.82) is 0 Å². The number of sulfonamides is 2. The largest absolute Gasteiger partial charge is 0.278 e. The number of benzene rings is 2. The highest BCUT2D eigenvalue weighted by Crippen LogP contribution is 2.32. The maximum Gasteiger partial charge on any atom is 0.261 e. The summed E-state index contributed by atoms with van der Waals surface area (Å²) in [5.41, 5.74) is 0.202. The minimum Gasteiger partial charge on any atom is -0.278 e. The summed E-state index contributed by atoms with van der Waals surface area (Å²) in [6.07, 6.45) is -0.1000. The quantitative estimate of drug-likeness (QED) is 0.796. The van der Waals surface area contributed by atoms with E-state index in [-0.39, 0.29) is 38.5 Å². The molecule has 0 atom stereocenters. The molecule has 0 aromatic heterocycles. The highest BCUT2D eigenvalue weighted by molar-refractivity contribution is 7.94. The van der Waals surface area contributed by atoms with Gasteiger partial charge in [-0.3, -0.25) is 9.52 Å². The Morgan fingerprint density at radius 3 is 2.27 bits per heavy atom. The van der Waals surface area contributed by atoms with Gasteiger partial charge in [0.1, 0.15) is 0 Å². The molecule has 138 valence electrons. The molecule has 0 saturated carbocycles. The van der Waals surface area contributed by atoms with Gasteiger partial charge in [0.25, 0.3) is 10.0 Å². The van der Waals surface area contributed by atoms with Gasteiger partial charge >= 0.3 is 0 Å². The summed E-state index contributed by atoms with van der Waals surface area (Å²) in [4.78, 5) is 11.6. The van der Waals surface area contributed by atoms with Gasteiger partial charge in [-0.05, 0) is 36.4 Å². The summed E-state index contributed by atoms with van der Waals surface area (Å²) in [5.74, 6) is -0.815. The van der Waals surface area contributed by atoms with Gasteiger partial charge in [-0.1, -0.05) is 29.3 Å². The molecule has 0 radical (unpaired) electrons. The lowest BCUT2D eigenvalue weighted by Gasteiger charge is -2.15. The van der Waals surface area contributed by atoms with Crippen molar-refractivity contribution in [3.05, 3.63) is 52.5 Å². The third-order valence-electron chi connectivity index (χ3n) is 3.66. The zero-order valence-corrected chi connectivity index (χ0v) is 16.2. The van der Waals surface area contributed by atoms with Crippen LogP contribution in [0.3, 0.4) is 0 Å². The first-order chi connectivity index (χ1) is 12.1. The average Bonchev–Trinajstić information content (AvgIpc) is 2.85. The molecule has 11 heteroatoms. The molecule has 0 unspecified atom stereocenters. The molecule has 0 spiro atoms. The summed E-state index contributed by atoms with van der Waals surface area (Å²) in [7, 11) is -7.69. The number of halogens is 2. The highest BCUT2D eigenvalue weighted by Gasteiger charge is 2.36. The predicted octanol–water partition coefficient (Wildman–Crippen LogP) is 2.86. The molecule has 1 fully saturated rings. The summed E-state index contributed by atoms with van der Waals surface area (Å²) in [5, 5.41) is 0.253. The van der Waals surface area contributed by atoms with Gasteiger partial charge in [0.2, 0.25) is 15.9 Å². The van der Waals surface area contributed by atoms with Crippen molar-refractivity contribution in [1.82, 2.24) is 0 Å². The molecule has 1 heterocycles. The molecular weight excluding hydrogens is 423 g/mol. The zero-order chi connectivity index (χ0) is 19.1. The summed E-state index contributed by atoms with van der Waals surface area (Å²) < 4.78 is 51.8. The second-order valence-corrected chi connectivity index (χ2v) is 9.83.